The quantitative estimate of drug-likeness (QED) is 0.886. The Labute approximate surface area is 123 Å². The van der Waals surface area contributed by atoms with Crippen molar-refractivity contribution in [2.45, 2.75) is 25.8 Å². The van der Waals surface area contributed by atoms with Crippen LogP contribution in [-0.4, -0.2) is 22.7 Å². The van der Waals surface area contributed by atoms with Crippen LogP contribution in [0.15, 0.2) is 24.3 Å². The van der Waals surface area contributed by atoms with Crippen LogP contribution >= 0.6 is 11.6 Å². The van der Waals surface area contributed by atoms with Gasteiger partial charge in [-0.15, -0.1) is 0 Å². The van der Waals surface area contributed by atoms with Gasteiger partial charge in [0, 0.05) is 23.1 Å². The lowest BCUT2D eigenvalue weighted by molar-refractivity contribution is 0.278. The minimum atomic E-state index is 0.125. The average Bonchev–Trinajstić information content (AvgIpc) is 2.46. The summed E-state index contributed by atoms with van der Waals surface area (Å²) >= 11 is 5.95. The van der Waals surface area contributed by atoms with E-state index in [-0.39, 0.29) is 12.6 Å². The van der Waals surface area contributed by atoms with Gasteiger partial charge in [-0.2, -0.15) is 5.26 Å². The van der Waals surface area contributed by atoms with Crippen molar-refractivity contribution in [1.82, 2.24) is 4.98 Å². The van der Waals surface area contributed by atoms with Crippen LogP contribution in [-0.2, 0) is 0 Å². The van der Waals surface area contributed by atoms with Crippen molar-refractivity contribution >= 4 is 28.3 Å². The highest BCUT2D eigenvalue weighted by molar-refractivity contribution is 6.31. The second kappa shape index (κ2) is 6.56. The largest absolute Gasteiger partial charge is 0.396 e. The van der Waals surface area contributed by atoms with Crippen molar-refractivity contribution in [2.75, 3.05) is 11.9 Å². The smallest absolute Gasteiger partial charge is 0.128 e. The lowest BCUT2D eigenvalue weighted by Gasteiger charge is -2.17. The van der Waals surface area contributed by atoms with Crippen LogP contribution in [0.4, 0.5) is 5.82 Å². The molecule has 1 atom stereocenters. The number of rotatable bonds is 5. The molecule has 0 amide bonds. The number of pyridine rings is 1. The Kier molecular flexibility index (Phi) is 4.78. The highest BCUT2D eigenvalue weighted by Crippen LogP contribution is 2.24. The molecule has 0 saturated carbocycles. The van der Waals surface area contributed by atoms with Crippen molar-refractivity contribution < 1.29 is 5.11 Å². The maximum Gasteiger partial charge on any atom is 0.128 e. The standard InChI is InChI=1S/C15H16ClN3O/c1-2-12(5-6-20)18-15-7-10(9-17)13-8-11(16)3-4-14(13)19-15/h3-4,7-8,12,20H,2,5-6H2,1H3,(H,18,19). The van der Waals surface area contributed by atoms with Crippen molar-refractivity contribution in [2.24, 2.45) is 0 Å². The highest BCUT2D eigenvalue weighted by atomic mass is 35.5. The number of halogens is 1. The van der Waals surface area contributed by atoms with Gasteiger partial charge in [0.05, 0.1) is 17.1 Å². The van der Waals surface area contributed by atoms with E-state index in [0.29, 0.717) is 22.8 Å². The summed E-state index contributed by atoms with van der Waals surface area (Å²) < 4.78 is 0. The Morgan fingerprint density at radius 3 is 2.90 bits per heavy atom. The second-order valence-electron chi connectivity index (χ2n) is 4.59. The average molecular weight is 290 g/mol. The van der Waals surface area contributed by atoms with Crippen molar-refractivity contribution in [3.63, 3.8) is 0 Å². The number of aliphatic hydroxyl groups is 1. The van der Waals surface area contributed by atoms with E-state index in [1.165, 1.54) is 0 Å². The third-order valence-corrected chi connectivity index (χ3v) is 3.45. The minimum absolute atomic E-state index is 0.125. The third-order valence-electron chi connectivity index (χ3n) is 3.21. The molecule has 0 fully saturated rings. The van der Waals surface area contributed by atoms with E-state index in [9.17, 15) is 5.26 Å². The number of nitriles is 1. The van der Waals surface area contributed by atoms with Gasteiger partial charge in [-0.05, 0) is 37.1 Å². The predicted molar refractivity (Wildman–Crippen MR) is 80.9 cm³/mol. The zero-order valence-corrected chi connectivity index (χ0v) is 12.0. The number of hydrogen-bond acceptors (Lipinski definition) is 4. The molecule has 104 valence electrons. The lowest BCUT2D eigenvalue weighted by atomic mass is 10.1. The molecule has 0 saturated heterocycles. The maximum absolute atomic E-state index is 9.26. The second-order valence-corrected chi connectivity index (χ2v) is 5.03. The van der Waals surface area contributed by atoms with Gasteiger partial charge in [0.2, 0.25) is 0 Å². The van der Waals surface area contributed by atoms with Crippen LogP contribution in [0.25, 0.3) is 10.9 Å². The van der Waals surface area contributed by atoms with Gasteiger partial charge in [-0.25, -0.2) is 4.98 Å². The highest BCUT2D eigenvalue weighted by Gasteiger charge is 2.10. The number of nitrogens with zero attached hydrogens (tertiary/aromatic N) is 2. The summed E-state index contributed by atoms with van der Waals surface area (Å²) in [6.45, 7) is 2.17. The first-order chi connectivity index (χ1) is 9.67. The zero-order chi connectivity index (χ0) is 14.5. The fourth-order valence-corrected chi connectivity index (χ4v) is 2.28. The molecule has 20 heavy (non-hydrogen) atoms. The number of anilines is 1. The van der Waals surface area contributed by atoms with Crippen LogP contribution in [0.1, 0.15) is 25.3 Å². The van der Waals surface area contributed by atoms with Gasteiger partial charge < -0.3 is 10.4 Å². The zero-order valence-electron chi connectivity index (χ0n) is 11.2. The molecule has 2 aromatic rings. The van der Waals surface area contributed by atoms with Crippen molar-refractivity contribution in [1.29, 1.82) is 5.26 Å². The number of fused-ring (bicyclic) bond motifs is 1. The fraction of sp³-hybridized carbons (Fsp3) is 0.333. The Bertz CT molecular complexity index is 651. The summed E-state index contributed by atoms with van der Waals surface area (Å²) in [5, 5.41) is 22.9. The third kappa shape index (κ3) is 3.19. The van der Waals surface area contributed by atoms with Crippen LogP contribution in [0.5, 0.6) is 0 Å². The molecular weight excluding hydrogens is 274 g/mol. The van der Waals surface area contributed by atoms with Gasteiger partial charge in [0.25, 0.3) is 0 Å². The summed E-state index contributed by atoms with van der Waals surface area (Å²) in [5.41, 5.74) is 1.27. The van der Waals surface area contributed by atoms with E-state index in [2.05, 4.69) is 16.4 Å². The Morgan fingerprint density at radius 1 is 1.45 bits per heavy atom. The number of aromatic nitrogens is 1. The molecule has 1 unspecified atom stereocenters. The van der Waals surface area contributed by atoms with Crippen molar-refractivity contribution in [3.05, 3.63) is 34.9 Å². The molecule has 2 N–H and O–H groups in total. The van der Waals surface area contributed by atoms with Crippen molar-refractivity contribution in [3.8, 4) is 6.07 Å². The monoisotopic (exact) mass is 289 g/mol. The minimum Gasteiger partial charge on any atom is -0.396 e. The Hall–Kier alpha value is -1.83. The molecule has 2 rings (SSSR count). The molecule has 1 aromatic carbocycles. The summed E-state index contributed by atoms with van der Waals surface area (Å²) in [7, 11) is 0. The Balaban J connectivity index is 2.41. The van der Waals surface area contributed by atoms with E-state index in [0.717, 1.165) is 17.3 Å². The number of benzene rings is 1. The van der Waals surface area contributed by atoms with E-state index in [4.69, 9.17) is 16.7 Å². The SMILES string of the molecule is CCC(CCO)Nc1cc(C#N)c2cc(Cl)ccc2n1. The van der Waals surface area contributed by atoms with Gasteiger partial charge in [-0.1, -0.05) is 18.5 Å². The van der Waals surface area contributed by atoms with Crippen LogP contribution < -0.4 is 5.32 Å². The molecule has 0 bridgehead atoms. The maximum atomic E-state index is 9.26. The molecular formula is C15H16ClN3O. The number of hydrogen-bond donors (Lipinski definition) is 2. The molecule has 4 nitrogen and oxygen atoms in total. The fourth-order valence-electron chi connectivity index (χ4n) is 2.11. The van der Waals surface area contributed by atoms with Crippen LogP contribution in [0, 0.1) is 11.3 Å². The predicted octanol–water partition coefficient (Wildman–Crippen LogP) is 3.33. The molecule has 1 aromatic heterocycles. The van der Waals surface area contributed by atoms with E-state index in [1.807, 2.05) is 6.92 Å². The van der Waals surface area contributed by atoms with Gasteiger partial charge in [-0.3, -0.25) is 0 Å². The summed E-state index contributed by atoms with van der Waals surface area (Å²) in [5.74, 6) is 0.650. The molecule has 0 aliphatic rings. The van der Waals surface area contributed by atoms with Crippen LogP contribution in [0.3, 0.4) is 0 Å². The van der Waals surface area contributed by atoms with Gasteiger partial charge >= 0.3 is 0 Å². The van der Waals surface area contributed by atoms with E-state index < -0.39 is 0 Å². The summed E-state index contributed by atoms with van der Waals surface area (Å²) in [4.78, 5) is 4.49. The van der Waals surface area contributed by atoms with E-state index >= 15 is 0 Å². The first kappa shape index (κ1) is 14.6. The van der Waals surface area contributed by atoms with Gasteiger partial charge in [0.1, 0.15) is 5.82 Å². The first-order valence-electron chi connectivity index (χ1n) is 6.55. The summed E-state index contributed by atoms with van der Waals surface area (Å²) in [6, 6.07) is 9.34. The summed E-state index contributed by atoms with van der Waals surface area (Å²) in [6.07, 6.45) is 1.53. The number of aliphatic hydroxyl groups excluding tert-OH is 1. The number of nitrogens with one attached hydrogen (secondary N) is 1. The van der Waals surface area contributed by atoms with E-state index in [1.54, 1.807) is 24.3 Å². The normalized spacial score (nSPS) is 12.1. The van der Waals surface area contributed by atoms with Crippen LogP contribution in [0.2, 0.25) is 5.02 Å². The lowest BCUT2D eigenvalue weighted by Crippen LogP contribution is -2.20. The Morgan fingerprint density at radius 2 is 2.25 bits per heavy atom. The molecule has 0 aliphatic carbocycles. The molecule has 0 spiro atoms. The molecule has 0 radical (unpaired) electrons. The molecule has 1 heterocycles. The van der Waals surface area contributed by atoms with Gasteiger partial charge in [0.15, 0.2) is 0 Å². The molecule has 5 heteroatoms. The first-order valence-corrected chi connectivity index (χ1v) is 6.93. The topological polar surface area (TPSA) is 68.9 Å². The molecule has 0 aliphatic heterocycles.